The highest BCUT2D eigenvalue weighted by Crippen LogP contribution is 2.35. The summed E-state index contributed by atoms with van der Waals surface area (Å²) in [6.07, 6.45) is 4.33. The van der Waals surface area contributed by atoms with Crippen molar-refractivity contribution >= 4 is 11.9 Å². The van der Waals surface area contributed by atoms with Crippen LogP contribution in [-0.2, 0) is 16.1 Å². The molecule has 1 atom stereocenters. The van der Waals surface area contributed by atoms with Gasteiger partial charge in [0.25, 0.3) is 0 Å². The highest BCUT2D eigenvalue weighted by atomic mass is 16.4. The van der Waals surface area contributed by atoms with Crippen LogP contribution in [0.3, 0.4) is 0 Å². The van der Waals surface area contributed by atoms with Gasteiger partial charge in [-0.1, -0.05) is 30.3 Å². The van der Waals surface area contributed by atoms with Gasteiger partial charge in [-0.3, -0.25) is 4.79 Å². The second-order valence-electron chi connectivity index (χ2n) is 5.20. The molecule has 1 N–H and O–H groups in total. The fourth-order valence-corrected chi connectivity index (χ4v) is 2.27. The zero-order chi connectivity index (χ0) is 14.5. The lowest BCUT2D eigenvalue weighted by atomic mass is 10.1. The highest BCUT2D eigenvalue weighted by molar-refractivity contribution is 5.94. The number of carbonyl (C=O) groups excluding carboxylic acids is 1. The molecule has 0 radical (unpaired) electrons. The smallest absolute Gasteiger partial charge is 0.328 e. The van der Waals surface area contributed by atoms with Gasteiger partial charge in [0, 0.05) is 24.7 Å². The van der Waals surface area contributed by atoms with Crippen LogP contribution in [0.25, 0.3) is 0 Å². The second-order valence-corrected chi connectivity index (χ2v) is 5.20. The van der Waals surface area contributed by atoms with Crippen molar-refractivity contribution in [2.75, 3.05) is 0 Å². The zero-order valence-electron chi connectivity index (χ0n) is 11.5. The number of carboxylic acid groups (broad SMARTS) is 1. The number of hydrogen-bond acceptors (Lipinski definition) is 2. The number of hydrogen-bond donors (Lipinski definition) is 1. The summed E-state index contributed by atoms with van der Waals surface area (Å²) in [6.45, 7) is 2.55. The lowest BCUT2D eigenvalue weighted by molar-refractivity contribution is -0.133. The molecule has 0 spiro atoms. The Balaban J connectivity index is 2.11. The van der Waals surface area contributed by atoms with E-state index >= 15 is 0 Å². The van der Waals surface area contributed by atoms with E-state index in [1.54, 1.807) is 4.90 Å². The molecule has 0 aromatic heterocycles. The third-order valence-corrected chi connectivity index (χ3v) is 3.64. The highest BCUT2D eigenvalue weighted by Gasteiger charge is 2.33. The SMILES string of the molecule is CC(C1CC1)N(Cc1ccccc1)C(=O)/C=C/C(=O)O. The van der Waals surface area contributed by atoms with Crippen LogP contribution in [0.1, 0.15) is 25.3 Å². The summed E-state index contributed by atoms with van der Waals surface area (Å²) in [7, 11) is 0. The first-order chi connectivity index (χ1) is 9.58. The van der Waals surface area contributed by atoms with Crippen molar-refractivity contribution < 1.29 is 14.7 Å². The van der Waals surface area contributed by atoms with E-state index < -0.39 is 5.97 Å². The number of nitrogens with zero attached hydrogens (tertiary/aromatic N) is 1. The summed E-state index contributed by atoms with van der Waals surface area (Å²) in [5, 5.41) is 8.64. The van der Waals surface area contributed by atoms with Gasteiger partial charge in [0.05, 0.1) is 0 Å². The van der Waals surface area contributed by atoms with Gasteiger partial charge in [-0.25, -0.2) is 4.79 Å². The predicted molar refractivity (Wildman–Crippen MR) is 76.0 cm³/mol. The molecule has 2 rings (SSSR count). The minimum atomic E-state index is -1.10. The summed E-state index contributed by atoms with van der Waals surface area (Å²) in [4.78, 5) is 24.5. The monoisotopic (exact) mass is 273 g/mol. The van der Waals surface area contributed by atoms with Crippen LogP contribution in [0.4, 0.5) is 0 Å². The van der Waals surface area contributed by atoms with Crippen molar-refractivity contribution in [2.45, 2.75) is 32.4 Å². The van der Waals surface area contributed by atoms with Gasteiger partial charge < -0.3 is 10.0 Å². The van der Waals surface area contributed by atoms with Crippen molar-refractivity contribution in [1.82, 2.24) is 4.90 Å². The Morgan fingerprint density at radius 2 is 1.95 bits per heavy atom. The average molecular weight is 273 g/mol. The predicted octanol–water partition coefficient (Wildman–Crippen LogP) is 2.45. The van der Waals surface area contributed by atoms with Crippen molar-refractivity contribution in [2.24, 2.45) is 5.92 Å². The van der Waals surface area contributed by atoms with Gasteiger partial charge in [-0.05, 0) is 31.2 Å². The van der Waals surface area contributed by atoms with E-state index in [0.717, 1.165) is 30.6 Å². The minimum Gasteiger partial charge on any atom is -0.478 e. The Hall–Kier alpha value is -2.10. The molecule has 0 bridgehead atoms. The molecule has 1 fully saturated rings. The molecule has 0 heterocycles. The molecular formula is C16H19NO3. The Labute approximate surface area is 118 Å². The third kappa shape index (κ3) is 3.95. The maximum absolute atomic E-state index is 12.2. The summed E-state index contributed by atoms with van der Waals surface area (Å²) >= 11 is 0. The summed E-state index contributed by atoms with van der Waals surface area (Å²) < 4.78 is 0. The maximum Gasteiger partial charge on any atom is 0.328 e. The van der Waals surface area contributed by atoms with Crippen molar-refractivity contribution in [1.29, 1.82) is 0 Å². The molecule has 1 unspecified atom stereocenters. The molecule has 1 aliphatic rings. The van der Waals surface area contributed by atoms with Crippen molar-refractivity contribution in [3.63, 3.8) is 0 Å². The van der Waals surface area contributed by atoms with E-state index in [2.05, 4.69) is 0 Å². The lowest BCUT2D eigenvalue weighted by Gasteiger charge is -2.28. The summed E-state index contributed by atoms with van der Waals surface area (Å²) in [5.41, 5.74) is 1.05. The fraction of sp³-hybridized carbons (Fsp3) is 0.375. The van der Waals surface area contributed by atoms with E-state index in [1.165, 1.54) is 0 Å². The van der Waals surface area contributed by atoms with E-state index in [-0.39, 0.29) is 11.9 Å². The van der Waals surface area contributed by atoms with Gasteiger partial charge >= 0.3 is 5.97 Å². The maximum atomic E-state index is 12.2. The van der Waals surface area contributed by atoms with E-state index in [0.29, 0.717) is 12.5 Å². The van der Waals surface area contributed by atoms with Crippen LogP contribution in [0.5, 0.6) is 0 Å². The largest absolute Gasteiger partial charge is 0.478 e. The van der Waals surface area contributed by atoms with E-state index in [4.69, 9.17) is 5.11 Å². The van der Waals surface area contributed by atoms with Crippen LogP contribution in [0, 0.1) is 5.92 Å². The molecule has 1 aliphatic carbocycles. The van der Waals surface area contributed by atoms with Crippen LogP contribution in [-0.4, -0.2) is 27.9 Å². The van der Waals surface area contributed by atoms with E-state index in [9.17, 15) is 9.59 Å². The number of carboxylic acids is 1. The number of aliphatic carboxylic acids is 1. The van der Waals surface area contributed by atoms with Crippen molar-refractivity contribution in [3.05, 3.63) is 48.0 Å². The molecule has 0 aliphatic heterocycles. The third-order valence-electron chi connectivity index (χ3n) is 3.64. The Morgan fingerprint density at radius 3 is 2.50 bits per heavy atom. The fourth-order valence-electron chi connectivity index (χ4n) is 2.27. The Bertz CT molecular complexity index is 506. The standard InChI is InChI=1S/C16H19NO3/c1-12(14-7-8-14)17(15(18)9-10-16(19)20)11-13-5-3-2-4-6-13/h2-6,9-10,12,14H,7-8,11H2,1H3,(H,19,20)/b10-9+. The molecule has 1 amide bonds. The second kappa shape index (κ2) is 6.37. The number of rotatable bonds is 6. The summed E-state index contributed by atoms with van der Waals surface area (Å²) in [6, 6.07) is 9.90. The average Bonchev–Trinajstić information content (AvgIpc) is 3.27. The number of carbonyl (C=O) groups is 2. The van der Waals surface area contributed by atoms with E-state index in [1.807, 2.05) is 37.3 Å². The molecule has 106 valence electrons. The first-order valence-electron chi connectivity index (χ1n) is 6.83. The van der Waals surface area contributed by atoms with Crippen LogP contribution < -0.4 is 0 Å². The van der Waals surface area contributed by atoms with Gasteiger partial charge in [0.1, 0.15) is 0 Å². The number of amides is 1. The number of benzene rings is 1. The Morgan fingerprint density at radius 1 is 1.30 bits per heavy atom. The van der Waals surface area contributed by atoms with Gasteiger partial charge in [-0.2, -0.15) is 0 Å². The van der Waals surface area contributed by atoms with Gasteiger partial charge in [0.15, 0.2) is 0 Å². The molecule has 1 aromatic rings. The van der Waals surface area contributed by atoms with Crippen LogP contribution >= 0.6 is 0 Å². The minimum absolute atomic E-state index is 0.140. The topological polar surface area (TPSA) is 57.6 Å². The van der Waals surface area contributed by atoms with Crippen LogP contribution in [0.2, 0.25) is 0 Å². The lowest BCUT2D eigenvalue weighted by Crippen LogP contribution is -2.38. The molecule has 1 aromatic carbocycles. The summed E-state index contributed by atoms with van der Waals surface area (Å²) in [5.74, 6) is -0.798. The molecule has 4 heteroatoms. The quantitative estimate of drug-likeness (QED) is 0.810. The zero-order valence-corrected chi connectivity index (χ0v) is 11.5. The first kappa shape index (κ1) is 14.3. The van der Waals surface area contributed by atoms with Gasteiger partial charge in [0.2, 0.25) is 5.91 Å². The normalized spacial score (nSPS) is 16.1. The first-order valence-corrected chi connectivity index (χ1v) is 6.83. The molecule has 0 saturated heterocycles. The molecule has 4 nitrogen and oxygen atoms in total. The van der Waals surface area contributed by atoms with Crippen molar-refractivity contribution in [3.8, 4) is 0 Å². The molecule has 1 saturated carbocycles. The Kier molecular flexibility index (Phi) is 4.56. The molecular weight excluding hydrogens is 254 g/mol. The van der Waals surface area contributed by atoms with Gasteiger partial charge in [-0.15, -0.1) is 0 Å². The van der Waals surface area contributed by atoms with Crippen LogP contribution in [0.15, 0.2) is 42.5 Å². The molecule has 20 heavy (non-hydrogen) atoms.